The van der Waals surface area contributed by atoms with Gasteiger partial charge in [-0.3, -0.25) is 9.36 Å². The van der Waals surface area contributed by atoms with E-state index in [1.165, 1.54) is 205 Å². The number of aliphatic hydroxyl groups is 1. The van der Waals surface area contributed by atoms with Gasteiger partial charge in [-0.25, -0.2) is 0 Å². The molecular weight excluding hydrogens is 792 g/mol. The molecule has 0 bridgehead atoms. The van der Waals surface area contributed by atoms with Gasteiger partial charge in [0.15, 0.2) is 0 Å². The van der Waals surface area contributed by atoms with Gasteiger partial charge in [0.25, 0.3) is 7.82 Å². The number of carbonyl (C=O) groups is 1. The molecule has 0 aliphatic rings. The van der Waals surface area contributed by atoms with Gasteiger partial charge in [0.05, 0.1) is 39.9 Å². The maximum absolute atomic E-state index is 12.8. The highest BCUT2D eigenvalue weighted by atomic mass is 31.2. The van der Waals surface area contributed by atoms with Gasteiger partial charge in [-0.15, -0.1) is 0 Å². The highest BCUT2D eigenvalue weighted by molar-refractivity contribution is 7.45. The summed E-state index contributed by atoms with van der Waals surface area (Å²) in [5, 5.41) is 13.6. The Morgan fingerprint density at radius 3 is 1.21 bits per heavy atom. The molecule has 0 spiro atoms. The zero-order valence-corrected chi connectivity index (χ0v) is 43.0. The third-order valence-corrected chi connectivity index (χ3v) is 13.5. The van der Waals surface area contributed by atoms with Gasteiger partial charge in [-0.1, -0.05) is 257 Å². The van der Waals surface area contributed by atoms with Crippen molar-refractivity contribution in [1.82, 2.24) is 5.32 Å². The van der Waals surface area contributed by atoms with E-state index in [1.807, 2.05) is 27.2 Å². The van der Waals surface area contributed by atoms with E-state index in [9.17, 15) is 19.4 Å². The first-order valence-electron chi connectivity index (χ1n) is 27.1. The summed E-state index contributed by atoms with van der Waals surface area (Å²) in [6, 6.07) is -0.878. The van der Waals surface area contributed by atoms with Gasteiger partial charge < -0.3 is 28.8 Å². The standard InChI is InChI=1S/C53H107N2O6P/c1-6-8-10-12-14-15-16-17-18-19-20-21-22-23-24-25-26-27-28-29-30-31-32-33-34-35-36-37-38-39-40-41-43-45-47-53(57)54-51(52(56)46-44-42-13-11-9-7-2)50-61-62(58,59)60-49-48-55(3,4)5/h44,46,51-52,56H,6-43,45,47-50H2,1-5H3,(H-,54,57,58,59)/b46-44+. The molecule has 0 aliphatic heterocycles. The van der Waals surface area contributed by atoms with Crippen LogP contribution in [-0.4, -0.2) is 68.5 Å². The van der Waals surface area contributed by atoms with E-state index in [0.717, 1.165) is 44.9 Å². The lowest BCUT2D eigenvalue weighted by Gasteiger charge is -2.29. The van der Waals surface area contributed by atoms with Crippen LogP contribution in [0.3, 0.4) is 0 Å². The molecule has 8 nitrogen and oxygen atoms in total. The molecule has 3 unspecified atom stereocenters. The number of phosphoric acid groups is 1. The maximum Gasteiger partial charge on any atom is 0.268 e. The van der Waals surface area contributed by atoms with Crippen molar-refractivity contribution < 1.29 is 32.9 Å². The second kappa shape index (κ2) is 45.4. The lowest BCUT2D eigenvalue weighted by Crippen LogP contribution is -2.45. The molecule has 1 amide bonds. The average Bonchev–Trinajstić information content (AvgIpc) is 3.23. The molecule has 370 valence electrons. The van der Waals surface area contributed by atoms with E-state index in [1.54, 1.807) is 6.08 Å². The Balaban J connectivity index is 3.75. The van der Waals surface area contributed by atoms with Crippen LogP contribution in [0.4, 0.5) is 0 Å². The number of phosphoric ester groups is 1. The Morgan fingerprint density at radius 1 is 0.548 bits per heavy atom. The number of unbranched alkanes of at least 4 members (excludes halogenated alkanes) is 37. The normalized spacial score (nSPS) is 14.1. The predicted molar refractivity (Wildman–Crippen MR) is 266 cm³/mol. The van der Waals surface area contributed by atoms with Crippen LogP contribution in [0.1, 0.15) is 271 Å². The largest absolute Gasteiger partial charge is 0.756 e. The van der Waals surface area contributed by atoms with Crippen LogP contribution in [0.2, 0.25) is 0 Å². The molecule has 0 saturated heterocycles. The van der Waals surface area contributed by atoms with Crippen LogP contribution < -0.4 is 10.2 Å². The van der Waals surface area contributed by atoms with Crippen LogP contribution in [0, 0.1) is 0 Å². The van der Waals surface area contributed by atoms with Crippen molar-refractivity contribution in [2.75, 3.05) is 40.9 Å². The van der Waals surface area contributed by atoms with Gasteiger partial charge in [0.1, 0.15) is 13.2 Å². The number of carbonyl (C=O) groups excluding carboxylic acids is 1. The number of aliphatic hydroxyl groups excluding tert-OH is 1. The van der Waals surface area contributed by atoms with Gasteiger partial charge in [-0.2, -0.15) is 0 Å². The van der Waals surface area contributed by atoms with E-state index in [2.05, 4.69) is 19.2 Å². The zero-order valence-electron chi connectivity index (χ0n) is 42.1. The minimum atomic E-state index is -4.57. The Morgan fingerprint density at radius 2 is 0.871 bits per heavy atom. The van der Waals surface area contributed by atoms with E-state index in [-0.39, 0.29) is 19.1 Å². The molecule has 62 heavy (non-hydrogen) atoms. The molecule has 0 aromatic rings. The molecule has 0 fully saturated rings. The second-order valence-electron chi connectivity index (χ2n) is 19.9. The fourth-order valence-corrected chi connectivity index (χ4v) is 8.94. The van der Waals surface area contributed by atoms with Crippen molar-refractivity contribution in [2.45, 2.75) is 283 Å². The van der Waals surface area contributed by atoms with Crippen LogP contribution in [0.5, 0.6) is 0 Å². The lowest BCUT2D eigenvalue weighted by atomic mass is 10.0. The molecule has 0 heterocycles. The van der Waals surface area contributed by atoms with Gasteiger partial charge in [0, 0.05) is 6.42 Å². The minimum Gasteiger partial charge on any atom is -0.756 e. The molecule has 3 atom stereocenters. The van der Waals surface area contributed by atoms with Crippen LogP contribution >= 0.6 is 7.82 Å². The number of amides is 1. The monoisotopic (exact) mass is 899 g/mol. The molecule has 0 radical (unpaired) electrons. The van der Waals surface area contributed by atoms with E-state index >= 15 is 0 Å². The molecule has 0 rings (SSSR count). The maximum atomic E-state index is 12.8. The number of allylic oxidation sites excluding steroid dienone is 1. The first kappa shape index (κ1) is 61.2. The van der Waals surface area contributed by atoms with Crippen molar-refractivity contribution >= 4 is 13.7 Å². The van der Waals surface area contributed by atoms with Crippen LogP contribution in [-0.2, 0) is 18.4 Å². The number of rotatable bonds is 50. The molecule has 0 aromatic carbocycles. The van der Waals surface area contributed by atoms with E-state index in [0.29, 0.717) is 17.4 Å². The summed E-state index contributed by atoms with van der Waals surface area (Å²) in [4.78, 5) is 25.2. The Bertz CT molecular complexity index is 1020. The summed E-state index contributed by atoms with van der Waals surface area (Å²) in [6.07, 6.45) is 54.9. The van der Waals surface area contributed by atoms with Crippen molar-refractivity contribution in [3.8, 4) is 0 Å². The quantitative estimate of drug-likeness (QED) is 0.0272. The summed E-state index contributed by atoms with van der Waals surface area (Å²) in [5.41, 5.74) is 0. The average molecular weight is 899 g/mol. The number of quaternary nitrogens is 1. The third kappa shape index (κ3) is 47.2. The first-order chi connectivity index (χ1) is 30.0. The number of hydrogen-bond acceptors (Lipinski definition) is 6. The summed E-state index contributed by atoms with van der Waals surface area (Å²) in [6.45, 7) is 4.59. The number of nitrogens with one attached hydrogen (secondary N) is 1. The van der Waals surface area contributed by atoms with Crippen LogP contribution in [0.25, 0.3) is 0 Å². The van der Waals surface area contributed by atoms with E-state index < -0.39 is 20.0 Å². The molecule has 2 N–H and O–H groups in total. The van der Waals surface area contributed by atoms with Gasteiger partial charge in [-0.05, 0) is 19.3 Å². The SMILES string of the molecule is CCCCCC/C=C/C(O)C(COP(=O)([O-])OCC[N+](C)(C)C)NC(=O)CCCCCCCCCCCCCCCCCCCCCCCCCCCCCCCCCCCC. The summed E-state index contributed by atoms with van der Waals surface area (Å²) in [7, 11) is 1.27. The molecular formula is C53H107N2O6P. The van der Waals surface area contributed by atoms with Gasteiger partial charge in [0.2, 0.25) is 5.91 Å². The fraction of sp³-hybridized carbons (Fsp3) is 0.943. The summed E-state index contributed by atoms with van der Waals surface area (Å²) >= 11 is 0. The predicted octanol–water partition coefficient (Wildman–Crippen LogP) is 15.2. The molecule has 0 aromatic heterocycles. The molecule has 0 aliphatic carbocycles. The highest BCUT2D eigenvalue weighted by Crippen LogP contribution is 2.38. The number of nitrogens with zero attached hydrogens (tertiary/aromatic N) is 1. The van der Waals surface area contributed by atoms with Crippen molar-refractivity contribution in [2.24, 2.45) is 0 Å². The van der Waals surface area contributed by atoms with Crippen LogP contribution in [0.15, 0.2) is 12.2 Å². The van der Waals surface area contributed by atoms with E-state index in [4.69, 9.17) is 9.05 Å². The Hall–Kier alpha value is -0.760. The zero-order chi connectivity index (χ0) is 45.7. The number of hydrogen-bond donors (Lipinski definition) is 2. The Kier molecular flexibility index (Phi) is 44.8. The second-order valence-corrected chi connectivity index (χ2v) is 21.4. The number of likely N-dealkylation sites (N-methyl/N-ethyl adjacent to an activating group) is 1. The first-order valence-corrected chi connectivity index (χ1v) is 28.5. The lowest BCUT2D eigenvalue weighted by molar-refractivity contribution is -0.870. The van der Waals surface area contributed by atoms with Gasteiger partial charge >= 0.3 is 0 Å². The minimum absolute atomic E-state index is 0.00125. The topological polar surface area (TPSA) is 108 Å². The molecule has 0 saturated carbocycles. The third-order valence-electron chi connectivity index (χ3n) is 12.5. The van der Waals surface area contributed by atoms with Crippen molar-refractivity contribution in [1.29, 1.82) is 0 Å². The smallest absolute Gasteiger partial charge is 0.268 e. The van der Waals surface area contributed by atoms with Crippen molar-refractivity contribution in [3.05, 3.63) is 12.2 Å². The fourth-order valence-electron chi connectivity index (χ4n) is 8.21. The summed E-state index contributed by atoms with van der Waals surface area (Å²) < 4.78 is 23.1. The molecule has 9 heteroatoms. The highest BCUT2D eigenvalue weighted by Gasteiger charge is 2.23. The Labute approximate surface area is 386 Å². The summed E-state index contributed by atoms with van der Waals surface area (Å²) in [5.74, 6) is -0.198. The van der Waals surface area contributed by atoms with Crippen molar-refractivity contribution in [3.63, 3.8) is 0 Å².